The van der Waals surface area contributed by atoms with Crippen LogP contribution in [0.15, 0.2) is 146 Å². The quantitative estimate of drug-likeness (QED) is 0.0204. The molecule has 2 fully saturated rings. The summed E-state index contributed by atoms with van der Waals surface area (Å²) in [5.74, 6) is -0.258. The SMILES string of the molecule is CC/C=C\C/C=C\C/C=C\C/C=C\C/C=C\C/C=C\C/C=C\C/C=C\C/C=C\C/C=C\CCCCCCCCCCCCC(=O)NC(COC1OC(CO)C(OC2OC(CO)C(O)C(O)C2O)C(O)C1O)C(O)/C=C/CC/C=C/CCCCCCCCCCCCCCCCC. The molecule has 0 saturated carbocycles. The highest BCUT2D eigenvalue weighted by Crippen LogP contribution is 2.30. The molecule has 0 aromatic carbocycles. The van der Waals surface area contributed by atoms with Crippen molar-refractivity contribution in [3.05, 3.63) is 146 Å². The van der Waals surface area contributed by atoms with Crippen molar-refractivity contribution in [3.8, 4) is 0 Å². The zero-order valence-electron chi connectivity index (χ0n) is 59.8. The van der Waals surface area contributed by atoms with E-state index in [9.17, 15) is 45.6 Å². The third-order valence-electron chi connectivity index (χ3n) is 17.5. The van der Waals surface area contributed by atoms with E-state index in [0.29, 0.717) is 12.8 Å². The number of rotatable bonds is 61. The minimum Gasteiger partial charge on any atom is -0.394 e. The number of carbonyl (C=O) groups excluding carboxylic acids is 1. The van der Waals surface area contributed by atoms with E-state index in [2.05, 4.69) is 153 Å². The Bertz CT molecular complexity index is 2180. The summed E-state index contributed by atoms with van der Waals surface area (Å²) < 4.78 is 22.9. The third kappa shape index (κ3) is 47.0. The molecule has 2 aliphatic heterocycles. The van der Waals surface area contributed by atoms with Crippen LogP contribution in [0.3, 0.4) is 0 Å². The van der Waals surface area contributed by atoms with Crippen LogP contribution in [-0.4, -0.2) is 140 Å². The van der Waals surface area contributed by atoms with E-state index in [1.54, 1.807) is 6.08 Å². The average molecular weight is 1340 g/mol. The van der Waals surface area contributed by atoms with Gasteiger partial charge in [-0.25, -0.2) is 0 Å². The van der Waals surface area contributed by atoms with E-state index >= 15 is 0 Å². The summed E-state index contributed by atoms with van der Waals surface area (Å²) in [6, 6.07) is -0.945. The molecule has 548 valence electrons. The van der Waals surface area contributed by atoms with Gasteiger partial charge in [0.15, 0.2) is 12.6 Å². The Morgan fingerprint density at radius 3 is 1.15 bits per heavy atom. The number of allylic oxidation sites excluding steroid dienone is 23. The number of aliphatic hydroxyl groups is 8. The molecule has 2 aliphatic rings. The number of amides is 1. The minimum atomic E-state index is -1.80. The molecule has 1 amide bonds. The lowest BCUT2D eigenvalue weighted by molar-refractivity contribution is -0.359. The number of carbonyl (C=O) groups is 1. The molecule has 9 N–H and O–H groups in total. The van der Waals surface area contributed by atoms with Crippen molar-refractivity contribution >= 4 is 5.91 Å². The van der Waals surface area contributed by atoms with Crippen molar-refractivity contribution in [2.75, 3.05) is 19.8 Å². The monoisotopic (exact) mass is 1340 g/mol. The van der Waals surface area contributed by atoms with Crippen molar-refractivity contribution in [2.45, 2.75) is 344 Å². The first-order chi connectivity index (χ1) is 47.1. The second-order valence-corrected chi connectivity index (χ2v) is 26.0. The first-order valence-corrected chi connectivity index (χ1v) is 38.1. The highest BCUT2D eigenvalue weighted by molar-refractivity contribution is 5.76. The van der Waals surface area contributed by atoms with Crippen LogP contribution in [0.2, 0.25) is 0 Å². The van der Waals surface area contributed by atoms with Crippen LogP contribution < -0.4 is 5.32 Å². The summed E-state index contributed by atoms with van der Waals surface area (Å²) in [6.45, 7) is 2.67. The number of hydrogen-bond acceptors (Lipinski definition) is 13. The smallest absolute Gasteiger partial charge is 0.220 e. The summed E-state index contributed by atoms with van der Waals surface area (Å²) in [5.41, 5.74) is 0. The molecule has 0 aromatic rings. The summed E-state index contributed by atoms with van der Waals surface area (Å²) in [7, 11) is 0. The van der Waals surface area contributed by atoms with Gasteiger partial charge in [0.1, 0.15) is 48.8 Å². The first kappa shape index (κ1) is 88.0. The van der Waals surface area contributed by atoms with Gasteiger partial charge in [0.05, 0.1) is 32.0 Å². The van der Waals surface area contributed by atoms with Crippen molar-refractivity contribution in [2.24, 2.45) is 0 Å². The molecule has 14 heteroatoms. The predicted molar refractivity (Wildman–Crippen MR) is 396 cm³/mol. The van der Waals surface area contributed by atoms with Crippen molar-refractivity contribution in [1.29, 1.82) is 0 Å². The van der Waals surface area contributed by atoms with Gasteiger partial charge in [-0.3, -0.25) is 4.79 Å². The lowest BCUT2D eigenvalue weighted by Crippen LogP contribution is -2.65. The largest absolute Gasteiger partial charge is 0.394 e. The maximum absolute atomic E-state index is 13.4. The molecule has 14 nitrogen and oxygen atoms in total. The second-order valence-electron chi connectivity index (χ2n) is 26.0. The number of aliphatic hydroxyl groups excluding tert-OH is 8. The van der Waals surface area contributed by atoms with Gasteiger partial charge in [-0.1, -0.05) is 301 Å². The van der Waals surface area contributed by atoms with E-state index in [4.69, 9.17) is 18.9 Å². The molecule has 12 unspecified atom stereocenters. The number of ether oxygens (including phenoxy) is 4. The number of nitrogens with one attached hydrogen (secondary N) is 1. The lowest BCUT2D eigenvalue weighted by Gasteiger charge is -2.46. The maximum atomic E-state index is 13.4. The van der Waals surface area contributed by atoms with Gasteiger partial charge in [0, 0.05) is 6.42 Å². The highest BCUT2D eigenvalue weighted by atomic mass is 16.7. The molecule has 0 aliphatic carbocycles. The molecule has 0 radical (unpaired) electrons. The topological polar surface area (TPSA) is 228 Å². The summed E-state index contributed by atoms with van der Waals surface area (Å²) in [5, 5.41) is 87.5. The third-order valence-corrected chi connectivity index (χ3v) is 17.5. The number of hydrogen-bond donors (Lipinski definition) is 9. The molecule has 12 atom stereocenters. The molecule has 0 spiro atoms. The summed E-state index contributed by atoms with van der Waals surface area (Å²) in [6.07, 6.45) is 80.5. The van der Waals surface area contributed by atoms with Gasteiger partial charge >= 0.3 is 0 Å². The fourth-order valence-electron chi connectivity index (χ4n) is 11.5. The van der Waals surface area contributed by atoms with Gasteiger partial charge in [0.2, 0.25) is 5.91 Å². The molecular weight excluding hydrogens is 1210 g/mol. The standard InChI is InChI=1S/C82H137NO13/c1-3-5-7-9-11-13-15-17-19-21-23-25-26-27-28-29-30-31-32-33-34-35-36-37-38-39-40-41-42-43-44-46-48-50-52-54-56-58-60-62-64-66-74(87)83-70(71(86)65-63-61-59-57-55-53-51-49-47-45-24-22-20-18-16-14-12-10-8-6-4-2)69-93-81-79(92)77(90)80(73(68-85)95-81)96-82-78(91)76(89)75(88)72(67-84)94-82/h5,7,11,13,17,19,23,25,27-28,30-31,33-34,36-37,39-40,42-43,55,57,63,65,70-73,75-82,84-86,88-92H,3-4,6,8-10,12,14-16,18,20-22,24,26,29,32,35,38,41,44-54,56,58-62,64,66-69H2,1-2H3,(H,83,87)/b7-5-,13-11-,19-17-,25-23-,28-27-,31-30-,34-33-,37-36-,40-39-,43-42-,57-55+,65-63+. The van der Waals surface area contributed by atoms with E-state index in [1.807, 2.05) is 6.08 Å². The molecule has 0 aromatic heterocycles. The zero-order valence-corrected chi connectivity index (χ0v) is 59.8. The fourth-order valence-corrected chi connectivity index (χ4v) is 11.5. The Labute approximate surface area is 583 Å². The fraction of sp³-hybridized carbons (Fsp3) is 0.695. The highest BCUT2D eigenvalue weighted by Gasteiger charge is 2.51. The normalized spacial score (nSPS) is 23.1. The summed E-state index contributed by atoms with van der Waals surface area (Å²) >= 11 is 0. The maximum Gasteiger partial charge on any atom is 0.220 e. The van der Waals surface area contributed by atoms with Crippen LogP contribution in [0, 0.1) is 0 Å². The Morgan fingerprint density at radius 1 is 0.385 bits per heavy atom. The molecular formula is C82H137NO13. The van der Waals surface area contributed by atoms with Gasteiger partial charge in [-0.15, -0.1) is 0 Å². The summed E-state index contributed by atoms with van der Waals surface area (Å²) in [4.78, 5) is 13.4. The van der Waals surface area contributed by atoms with E-state index in [-0.39, 0.29) is 18.9 Å². The molecule has 0 bridgehead atoms. The van der Waals surface area contributed by atoms with Crippen LogP contribution in [-0.2, 0) is 23.7 Å². The van der Waals surface area contributed by atoms with Crippen LogP contribution >= 0.6 is 0 Å². The van der Waals surface area contributed by atoms with Gasteiger partial charge in [-0.2, -0.15) is 0 Å². The van der Waals surface area contributed by atoms with Crippen molar-refractivity contribution in [1.82, 2.24) is 5.32 Å². The van der Waals surface area contributed by atoms with Crippen molar-refractivity contribution < 1.29 is 64.6 Å². The molecule has 96 heavy (non-hydrogen) atoms. The molecule has 2 rings (SSSR count). The van der Waals surface area contributed by atoms with Crippen LogP contribution in [0.25, 0.3) is 0 Å². The van der Waals surface area contributed by atoms with Crippen LogP contribution in [0.4, 0.5) is 0 Å². The Hall–Kier alpha value is -4.13. The average Bonchev–Trinajstić information content (AvgIpc) is 0.807. The predicted octanol–water partition coefficient (Wildman–Crippen LogP) is 16.8. The molecule has 2 heterocycles. The minimum absolute atomic E-state index is 0.258. The Morgan fingerprint density at radius 2 is 0.729 bits per heavy atom. The first-order valence-electron chi connectivity index (χ1n) is 38.1. The van der Waals surface area contributed by atoms with Crippen molar-refractivity contribution in [3.63, 3.8) is 0 Å². The van der Waals surface area contributed by atoms with Crippen LogP contribution in [0.1, 0.15) is 271 Å². The zero-order chi connectivity index (χ0) is 69.4. The lowest BCUT2D eigenvalue weighted by atomic mass is 9.97. The van der Waals surface area contributed by atoms with Gasteiger partial charge in [-0.05, 0) is 109 Å². The number of unbranched alkanes of at least 4 members (excludes halogenated alkanes) is 26. The van der Waals surface area contributed by atoms with Crippen LogP contribution in [0.5, 0.6) is 0 Å². The van der Waals surface area contributed by atoms with Gasteiger partial charge < -0.3 is 65.1 Å². The molecule has 2 saturated heterocycles. The van der Waals surface area contributed by atoms with E-state index in [1.165, 1.54) is 135 Å². The Kier molecular flexibility index (Phi) is 58.9. The van der Waals surface area contributed by atoms with Gasteiger partial charge in [0.25, 0.3) is 0 Å². The Balaban J connectivity index is 1.64. The van der Waals surface area contributed by atoms with E-state index < -0.39 is 86.8 Å². The second kappa shape index (κ2) is 64.3. The van der Waals surface area contributed by atoms with E-state index in [0.717, 1.165) is 103 Å².